The first-order chi connectivity index (χ1) is 13.1. The maximum Gasteiger partial charge on any atom is 0.226 e. The summed E-state index contributed by atoms with van der Waals surface area (Å²) in [4.78, 5) is 23.3. The summed E-state index contributed by atoms with van der Waals surface area (Å²) in [5.41, 5.74) is 5.34. The molecule has 1 aromatic carbocycles. The summed E-state index contributed by atoms with van der Waals surface area (Å²) in [5.74, 6) is 0.664. The molecule has 7 nitrogen and oxygen atoms in total. The number of amides is 1. The Morgan fingerprint density at radius 2 is 1.96 bits per heavy atom. The van der Waals surface area contributed by atoms with Gasteiger partial charge in [0.25, 0.3) is 0 Å². The van der Waals surface area contributed by atoms with Crippen molar-refractivity contribution >= 4 is 33.6 Å². The third-order valence-electron chi connectivity index (χ3n) is 4.78. The van der Waals surface area contributed by atoms with Crippen LogP contribution in [-0.4, -0.2) is 36.6 Å². The third-order valence-corrected chi connectivity index (χ3v) is 5.55. The van der Waals surface area contributed by atoms with E-state index in [4.69, 9.17) is 4.98 Å². The topological polar surface area (TPSA) is 76.8 Å². The van der Waals surface area contributed by atoms with Crippen LogP contribution in [0.15, 0.2) is 36.4 Å². The third kappa shape index (κ3) is 2.44. The molecule has 0 bridgehead atoms. The number of aromatic nitrogens is 5. The van der Waals surface area contributed by atoms with Crippen molar-refractivity contribution in [3.8, 4) is 22.6 Å². The van der Waals surface area contributed by atoms with Crippen LogP contribution in [-0.2, 0) is 11.3 Å². The lowest BCUT2D eigenvalue weighted by Crippen LogP contribution is -2.26. The van der Waals surface area contributed by atoms with E-state index in [9.17, 15) is 4.79 Å². The van der Waals surface area contributed by atoms with Crippen LogP contribution in [0.2, 0.25) is 0 Å². The van der Waals surface area contributed by atoms with Crippen LogP contribution in [0.1, 0.15) is 12.6 Å². The predicted octanol–water partition coefficient (Wildman–Crippen LogP) is 3.29. The highest BCUT2D eigenvalue weighted by molar-refractivity contribution is 7.13. The Kier molecular flexibility index (Phi) is 3.54. The Labute approximate surface area is 159 Å². The molecule has 3 aromatic heterocycles. The van der Waals surface area contributed by atoms with Crippen LogP contribution in [0.5, 0.6) is 0 Å². The summed E-state index contributed by atoms with van der Waals surface area (Å²) in [6.07, 6.45) is 0. The molecular weight excluding hydrogens is 360 g/mol. The molecule has 1 aliphatic heterocycles. The summed E-state index contributed by atoms with van der Waals surface area (Å²) >= 11 is 1.37. The maximum atomic E-state index is 12.1. The average molecular weight is 376 g/mol. The minimum Gasteiger partial charge on any atom is -0.307 e. The lowest BCUT2D eigenvalue weighted by molar-refractivity contribution is -0.116. The molecule has 8 heteroatoms. The fourth-order valence-corrected chi connectivity index (χ4v) is 4.25. The molecule has 1 aliphatic rings. The van der Waals surface area contributed by atoms with Crippen LogP contribution in [0, 0.1) is 6.92 Å². The van der Waals surface area contributed by atoms with Gasteiger partial charge < -0.3 is 4.57 Å². The number of nitrogens with zero attached hydrogens (tertiary/aromatic N) is 6. The Hall–Kier alpha value is -3.13. The van der Waals surface area contributed by atoms with Gasteiger partial charge in [0.1, 0.15) is 11.2 Å². The van der Waals surface area contributed by atoms with Crippen LogP contribution >= 0.6 is 11.5 Å². The Balaban J connectivity index is 1.83. The van der Waals surface area contributed by atoms with Crippen LogP contribution in [0.3, 0.4) is 0 Å². The molecule has 134 valence electrons. The maximum absolute atomic E-state index is 12.1. The van der Waals surface area contributed by atoms with E-state index in [1.807, 2.05) is 37.3 Å². The molecule has 5 rings (SSSR count). The van der Waals surface area contributed by atoms with Crippen LogP contribution in [0.4, 0.5) is 5.95 Å². The van der Waals surface area contributed by atoms with E-state index >= 15 is 0 Å². The number of benzene rings is 1. The highest BCUT2D eigenvalue weighted by atomic mass is 32.1. The van der Waals surface area contributed by atoms with Crippen molar-refractivity contribution < 1.29 is 4.79 Å². The number of aryl methyl sites for hydroxylation is 1. The number of hydrogen-bond donors (Lipinski definition) is 0. The molecule has 1 amide bonds. The van der Waals surface area contributed by atoms with Crippen LogP contribution < -0.4 is 4.90 Å². The molecule has 0 aliphatic carbocycles. The Morgan fingerprint density at radius 3 is 2.78 bits per heavy atom. The predicted molar refractivity (Wildman–Crippen MR) is 105 cm³/mol. The monoisotopic (exact) mass is 376 g/mol. The molecule has 0 unspecified atom stereocenters. The number of pyridine rings is 1. The highest BCUT2D eigenvalue weighted by Crippen LogP contribution is 2.40. The second-order valence-electron chi connectivity index (χ2n) is 6.52. The first-order valence-corrected chi connectivity index (χ1v) is 9.45. The molecule has 0 fully saturated rings. The second kappa shape index (κ2) is 5.95. The van der Waals surface area contributed by atoms with E-state index in [2.05, 4.69) is 25.2 Å². The van der Waals surface area contributed by atoms with Gasteiger partial charge in [-0.05, 0) is 36.7 Å². The minimum absolute atomic E-state index is 0.00767. The van der Waals surface area contributed by atoms with Crippen LogP contribution in [0.25, 0.3) is 32.9 Å². The molecular formula is C19H16N6OS. The largest absolute Gasteiger partial charge is 0.307 e. The van der Waals surface area contributed by atoms with Gasteiger partial charge >= 0.3 is 0 Å². The minimum atomic E-state index is -0.00767. The Bertz CT molecular complexity index is 1190. The molecule has 0 atom stereocenters. The van der Waals surface area contributed by atoms with Crippen molar-refractivity contribution in [1.29, 1.82) is 0 Å². The molecule has 4 heterocycles. The number of imidazole rings is 1. The summed E-state index contributed by atoms with van der Waals surface area (Å²) < 4.78 is 7.22. The quantitative estimate of drug-likeness (QED) is 0.536. The number of anilines is 1. The number of fused-ring (bicyclic) bond motifs is 2. The van der Waals surface area contributed by atoms with E-state index in [-0.39, 0.29) is 5.91 Å². The van der Waals surface area contributed by atoms with Gasteiger partial charge in [0.05, 0.1) is 16.1 Å². The highest BCUT2D eigenvalue weighted by Gasteiger charge is 2.31. The molecule has 0 radical (unpaired) electrons. The van der Waals surface area contributed by atoms with Gasteiger partial charge in [-0.2, -0.15) is 0 Å². The average Bonchev–Trinajstić information content (AvgIpc) is 3.35. The molecule has 0 saturated carbocycles. The van der Waals surface area contributed by atoms with Gasteiger partial charge in [-0.1, -0.05) is 22.7 Å². The van der Waals surface area contributed by atoms with E-state index in [1.165, 1.54) is 11.5 Å². The second-order valence-corrected chi connectivity index (χ2v) is 7.28. The molecule has 0 N–H and O–H groups in total. The first kappa shape index (κ1) is 16.1. The number of carbonyl (C=O) groups excluding carboxylic acids is 1. The summed E-state index contributed by atoms with van der Waals surface area (Å²) in [7, 11) is 0. The molecule has 4 aromatic rings. The van der Waals surface area contributed by atoms with Gasteiger partial charge in [0.15, 0.2) is 0 Å². The molecule has 0 saturated heterocycles. The first-order valence-electron chi connectivity index (χ1n) is 8.67. The smallest absolute Gasteiger partial charge is 0.226 e. The zero-order valence-corrected chi connectivity index (χ0v) is 15.7. The van der Waals surface area contributed by atoms with Gasteiger partial charge in [0, 0.05) is 31.3 Å². The summed E-state index contributed by atoms with van der Waals surface area (Å²) in [6, 6.07) is 11.9. The van der Waals surface area contributed by atoms with E-state index in [0.717, 1.165) is 38.6 Å². The van der Waals surface area contributed by atoms with Crippen molar-refractivity contribution in [2.24, 2.45) is 0 Å². The number of hydrogen-bond acceptors (Lipinski definition) is 6. The number of rotatable bonds is 2. The summed E-state index contributed by atoms with van der Waals surface area (Å²) in [5, 5.41) is 4.20. The van der Waals surface area contributed by atoms with Gasteiger partial charge in [0.2, 0.25) is 11.9 Å². The molecule has 0 spiro atoms. The fourth-order valence-electron chi connectivity index (χ4n) is 3.57. The lowest BCUT2D eigenvalue weighted by Gasteiger charge is -2.09. The van der Waals surface area contributed by atoms with Crippen molar-refractivity contribution in [2.75, 3.05) is 11.4 Å². The van der Waals surface area contributed by atoms with E-state index < -0.39 is 0 Å². The lowest BCUT2D eigenvalue weighted by atomic mass is 10.1. The van der Waals surface area contributed by atoms with Gasteiger partial charge in [-0.25, -0.2) is 4.98 Å². The van der Waals surface area contributed by atoms with E-state index in [1.54, 1.807) is 11.8 Å². The van der Waals surface area contributed by atoms with Crippen molar-refractivity contribution in [2.45, 2.75) is 20.4 Å². The fraction of sp³-hybridized carbons (Fsp3) is 0.211. The van der Waals surface area contributed by atoms with Crippen molar-refractivity contribution in [3.05, 3.63) is 42.1 Å². The number of carbonyl (C=O) groups is 1. The standard InChI is InChI=1S/C19H16N6OS/c1-11-5-3-7-14(20-11)16-17(13-6-4-8-15-18(13)27-23-22-15)25-10-9-24(12(2)26)19(25)21-16/h3-8H,9-10H2,1-2H3. The van der Waals surface area contributed by atoms with Gasteiger partial charge in [-0.15, -0.1) is 5.10 Å². The normalized spacial score (nSPS) is 13.3. The SMILES string of the molecule is CC(=O)N1CCn2c1nc(-c1cccc(C)n1)c2-c1cccc2nnsc12. The summed E-state index contributed by atoms with van der Waals surface area (Å²) in [6.45, 7) is 4.86. The molecule has 27 heavy (non-hydrogen) atoms. The van der Waals surface area contributed by atoms with E-state index in [0.29, 0.717) is 19.0 Å². The van der Waals surface area contributed by atoms with Gasteiger partial charge in [-0.3, -0.25) is 14.7 Å². The Morgan fingerprint density at radius 1 is 1.11 bits per heavy atom. The van der Waals surface area contributed by atoms with Crippen molar-refractivity contribution in [1.82, 2.24) is 24.1 Å². The van der Waals surface area contributed by atoms with Crippen molar-refractivity contribution in [3.63, 3.8) is 0 Å². The zero-order valence-electron chi connectivity index (χ0n) is 14.9. The zero-order chi connectivity index (χ0) is 18.5.